The number of aliphatic hydroxyl groups excluding tert-OH is 1. The fraction of sp³-hybridized carbons (Fsp3) is 0.667. The highest BCUT2D eigenvalue weighted by molar-refractivity contribution is 5.20. The Morgan fingerprint density at radius 2 is 1.76 bits per heavy atom. The average molecular weight is 233 g/mol. The van der Waals surface area contributed by atoms with Crippen molar-refractivity contribution in [3.05, 3.63) is 30.1 Å². The molecule has 0 radical (unpaired) electrons. The lowest BCUT2D eigenvalue weighted by molar-refractivity contribution is 0.104. The quantitative estimate of drug-likeness (QED) is 0.869. The van der Waals surface area contributed by atoms with Gasteiger partial charge in [0, 0.05) is 17.8 Å². The van der Waals surface area contributed by atoms with Gasteiger partial charge in [0.2, 0.25) is 0 Å². The molecule has 1 N–H and O–H groups in total. The van der Waals surface area contributed by atoms with Crippen LogP contribution in [0.4, 0.5) is 0 Å². The van der Waals surface area contributed by atoms with E-state index in [0.717, 1.165) is 5.69 Å². The van der Waals surface area contributed by atoms with Gasteiger partial charge in [0.1, 0.15) is 0 Å². The van der Waals surface area contributed by atoms with Crippen molar-refractivity contribution in [3.63, 3.8) is 0 Å². The minimum absolute atomic E-state index is 0.0993. The highest BCUT2D eigenvalue weighted by atomic mass is 16.3. The zero-order valence-corrected chi connectivity index (χ0v) is 11.4. The molecule has 2 unspecified atom stereocenters. The molecule has 1 aromatic rings. The van der Waals surface area contributed by atoms with Gasteiger partial charge in [0.05, 0.1) is 6.10 Å². The van der Waals surface area contributed by atoms with E-state index in [4.69, 9.17) is 0 Å². The van der Waals surface area contributed by atoms with Crippen LogP contribution in [0, 0.1) is 16.7 Å². The molecule has 0 aromatic carbocycles. The van der Waals surface area contributed by atoms with Crippen LogP contribution < -0.4 is 0 Å². The third-order valence-corrected chi connectivity index (χ3v) is 5.14. The molecule has 94 valence electrons. The number of rotatable bonds is 3. The molecule has 2 nitrogen and oxygen atoms in total. The Hall–Kier alpha value is -0.890. The third kappa shape index (κ3) is 1.79. The minimum Gasteiger partial charge on any atom is -0.392 e. The van der Waals surface area contributed by atoms with Crippen molar-refractivity contribution in [2.75, 3.05) is 0 Å². The van der Waals surface area contributed by atoms with E-state index in [2.05, 4.69) is 39.6 Å². The first kappa shape index (κ1) is 12.6. The summed E-state index contributed by atoms with van der Waals surface area (Å²) in [5.74, 6) is 0.453. The lowest BCUT2D eigenvalue weighted by Gasteiger charge is -2.20. The van der Waals surface area contributed by atoms with Gasteiger partial charge in [-0.1, -0.05) is 40.7 Å². The van der Waals surface area contributed by atoms with Gasteiger partial charge in [-0.05, 0) is 28.9 Å². The molecule has 2 rings (SSSR count). The summed E-state index contributed by atoms with van der Waals surface area (Å²) >= 11 is 0. The molecule has 1 aliphatic carbocycles. The van der Waals surface area contributed by atoms with E-state index in [-0.39, 0.29) is 22.9 Å². The van der Waals surface area contributed by atoms with Crippen LogP contribution in [0.2, 0.25) is 0 Å². The molecular weight excluding hydrogens is 210 g/mol. The summed E-state index contributed by atoms with van der Waals surface area (Å²) in [7, 11) is 0. The van der Waals surface area contributed by atoms with Gasteiger partial charge in [-0.15, -0.1) is 0 Å². The Balaban J connectivity index is 2.15. The van der Waals surface area contributed by atoms with Gasteiger partial charge >= 0.3 is 0 Å². The number of hydrogen-bond acceptors (Lipinski definition) is 2. The molecular formula is C15H23NO. The van der Waals surface area contributed by atoms with Crippen molar-refractivity contribution in [1.29, 1.82) is 0 Å². The smallest absolute Gasteiger partial charge is 0.0659 e. The lowest BCUT2D eigenvalue weighted by atomic mass is 9.92. The molecule has 17 heavy (non-hydrogen) atoms. The SMILES string of the molecule is CC(c1ccccn1)C(O)C1C(C)(C)C1(C)C. The Morgan fingerprint density at radius 3 is 2.18 bits per heavy atom. The highest BCUT2D eigenvalue weighted by Gasteiger charge is 2.67. The van der Waals surface area contributed by atoms with Crippen LogP contribution in [0.1, 0.15) is 46.2 Å². The van der Waals surface area contributed by atoms with E-state index in [9.17, 15) is 5.11 Å². The second-order valence-electron chi connectivity index (χ2n) is 6.45. The van der Waals surface area contributed by atoms with Crippen molar-refractivity contribution in [3.8, 4) is 0 Å². The molecule has 1 aromatic heterocycles. The average Bonchev–Trinajstić information content (AvgIpc) is 2.69. The largest absolute Gasteiger partial charge is 0.392 e. The maximum absolute atomic E-state index is 10.5. The second-order valence-corrected chi connectivity index (χ2v) is 6.45. The monoisotopic (exact) mass is 233 g/mol. The first-order chi connectivity index (χ1) is 7.80. The zero-order chi connectivity index (χ0) is 12.8. The standard InChI is InChI=1S/C15H23NO/c1-10(11-8-6-7-9-16-11)12(17)13-14(2,3)15(13,4)5/h6-10,12-13,17H,1-5H3. The number of hydrogen-bond donors (Lipinski definition) is 1. The second kappa shape index (κ2) is 3.81. The van der Waals surface area contributed by atoms with E-state index in [1.54, 1.807) is 6.20 Å². The van der Waals surface area contributed by atoms with Crippen molar-refractivity contribution >= 4 is 0 Å². The predicted molar refractivity (Wildman–Crippen MR) is 69.7 cm³/mol. The van der Waals surface area contributed by atoms with Gasteiger partial charge in [-0.3, -0.25) is 4.98 Å². The Labute approximate surface area is 104 Å². The Kier molecular flexibility index (Phi) is 2.81. The van der Waals surface area contributed by atoms with Crippen LogP contribution in [0.25, 0.3) is 0 Å². The van der Waals surface area contributed by atoms with E-state index in [1.165, 1.54) is 0 Å². The van der Waals surface area contributed by atoms with Crippen molar-refractivity contribution < 1.29 is 5.11 Å². The zero-order valence-electron chi connectivity index (χ0n) is 11.4. The molecule has 0 aliphatic heterocycles. The topological polar surface area (TPSA) is 33.1 Å². The summed E-state index contributed by atoms with van der Waals surface area (Å²) in [4.78, 5) is 4.35. The van der Waals surface area contributed by atoms with Gasteiger partial charge in [0.15, 0.2) is 0 Å². The maximum Gasteiger partial charge on any atom is 0.0659 e. The van der Waals surface area contributed by atoms with Crippen LogP contribution in [0.5, 0.6) is 0 Å². The first-order valence-corrected chi connectivity index (χ1v) is 6.39. The van der Waals surface area contributed by atoms with Gasteiger partial charge < -0.3 is 5.11 Å². The van der Waals surface area contributed by atoms with E-state index in [0.29, 0.717) is 5.92 Å². The summed E-state index contributed by atoms with van der Waals surface area (Å²) in [5.41, 5.74) is 1.42. The summed E-state index contributed by atoms with van der Waals surface area (Å²) in [6.45, 7) is 11.0. The number of pyridine rings is 1. The molecule has 0 saturated heterocycles. The van der Waals surface area contributed by atoms with Crippen molar-refractivity contribution in [2.24, 2.45) is 16.7 Å². The molecule has 1 aliphatic rings. The molecule has 0 spiro atoms. The number of aromatic nitrogens is 1. The van der Waals surface area contributed by atoms with Gasteiger partial charge in [-0.2, -0.15) is 0 Å². The van der Waals surface area contributed by atoms with Crippen LogP contribution >= 0.6 is 0 Å². The van der Waals surface area contributed by atoms with E-state index < -0.39 is 0 Å². The number of nitrogens with zero attached hydrogens (tertiary/aromatic N) is 1. The fourth-order valence-corrected chi connectivity index (χ4v) is 3.21. The molecule has 1 heterocycles. The normalized spacial score (nSPS) is 25.3. The summed E-state index contributed by atoms with van der Waals surface area (Å²) in [6.07, 6.45) is 1.48. The van der Waals surface area contributed by atoms with Crippen molar-refractivity contribution in [1.82, 2.24) is 4.98 Å². The first-order valence-electron chi connectivity index (χ1n) is 6.39. The number of aliphatic hydroxyl groups is 1. The van der Waals surface area contributed by atoms with Crippen LogP contribution in [-0.4, -0.2) is 16.2 Å². The summed E-state index contributed by atoms with van der Waals surface area (Å²) in [6, 6.07) is 5.89. The van der Waals surface area contributed by atoms with E-state index in [1.807, 2.05) is 18.2 Å². The summed E-state index contributed by atoms with van der Waals surface area (Å²) in [5, 5.41) is 10.5. The minimum atomic E-state index is -0.310. The van der Waals surface area contributed by atoms with Gasteiger partial charge in [0.25, 0.3) is 0 Å². The molecule has 1 fully saturated rings. The molecule has 0 amide bonds. The molecule has 2 heteroatoms. The van der Waals surface area contributed by atoms with Crippen LogP contribution in [0.15, 0.2) is 24.4 Å². The Bertz CT molecular complexity index is 383. The highest BCUT2D eigenvalue weighted by Crippen LogP contribution is 2.70. The third-order valence-electron chi connectivity index (χ3n) is 5.14. The lowest BCUT2D eigenvalue weighted by Crippen LogP contribution is -2.22. The molecule has 1 saturated carbocycles. The fourth-order valence-electron chi connectivity index (χ4n) is 3.21. The van der Waals surface area contributed by atoms with Crippen molar-refractivity contribution in [2.45, 2.75) is 46.6 Å². The maximum atomic E-state index is 10.5. The van der Waals surface area contributed by atoms with Crippen LogP contribution in [0.3, 0.4) is 0 Å². The van der Waals surface area contributed by atoms with E-state index >= 15 is 0 Å². The Morgan fingerprint density at radius 1 is 1.18 bits per heavy atom. The molecule has 2 atom stereocenters. The molecule has 0 bridgehead atoms. The van der Waals surface area contributed by atoms with Gasteiger partial charge in [-0.25, -0.2) is 0 Å². The van der Waals surface area contributed by atoms with Crippen LogP contribution in [-0.2, 0) is 0 Å². The predicted octanol–water partition coefficient (Wildman–Crippen LogP) is 3.23. The summed E-state index contributed by atoms with van der Waals surface area (Å²) < 4.78 is 0.